The zero-order valence-corrected chi connectivity index (χ0v) is 9.77. The first-order chi connectivity index (χ1) is 8.49. The van der Waals surface area contributed by atoms with E-state index in [0.717, 1.165) is 13.8 Å². The number of hydrogen-bond acceptors (Lipinski definition) is 2. The third-order valence-electron chi connectivity index (χ3n) is 3.02. The highest BCUT2D eigenvalue weighted by atomic mass is 19.3. The lowest BCUT2D eigenvalue weighted by Crippen LogP contribution is -2.56. The highest BCUT2D eigenvalue weighted by Crippen LogP contribution is 2.59. The Labute approximate surface area is 103 Å². The van der Waals surface area contributed by atoms with Crippen LogP contribution in [0.1, 0.15) is 13.8 Å². The summed E-state index contributed by atoms with van der Waals surface area (Å²) in [4.78, 5) is -0.149. The second kappa shape index (κ2) is 3.65. The number of halogens is 7. The van der Waals surface area contributed by atoms with E-state index in [-0.39, 0.29) is 11.0 Å². The molecule has 0 radical (unpaired) electrons. The van der Waals surface area contributed by atoms with Gasteiger partial charge in [0.25, 0.3) is 0 Å². The van der Waals surface area contributed by atoms with Crippen LogP contribution in [0, 0.1) is 0 Å². The van der Waals surface area contributed by atoms with E-state index in [0.29, 0.717) is 6.08 Å². The molecular weight excluding hydrogens is 281 g/mol. The summed E-state index contributed by atoms with van der Waals surface area (Å²) in [5.74, 6) is -11.9. The standard InChI is InChI=1S/C10H9F7N2/c1-5(2)18-7-4-3-6(11)8(12,13)9(7,14)19(17)10(18,15)16/h3-5H,1-2H3. The summed E-state index contributed by atoms with van der Waals surface area (Å²) in [6.07, 6.45) is -4.10. The van der Waals surface area contributed by atoms with Crippen LogP contribution < -0.4 is 0 Å². The molecule has 1 aliphatic heterocycles. The smallest absolute Gasteiger partial charge is 0.294 e. The van der Waals surface area contributed by atoms with Gasteiger partial charge in [-0.15, -0.1) is 4.48 Å². The fraction of sp³-hybridized carbons (Fsp3) is 0.600. The second-order valence-corrected chi connectivity index (χ2v) is 4.52. The average molecular weight is 290 g/mol. The molecule has 0 aromatic rings. The predicted octanol–water partition coefficient (Wildman–Crippen LogP) is 3.50. The van der Waals surface area contributed by atoms with E-state index in [9.17, 15) is 30.8 Å². The normalized spacial score (nSPS) is 33.3. The van der Waals surface area contributed by atoms with Crippen LogP contribution in [-0.4, -0.2) is 33.9 Å². The summed E-state index contributed by atoms with van der Waals surface area (Å²) in [6.45, 7) is 2.28. The Hall–Kier alpha value is -1.25. The highest BCUT2D eigenvalue weighted by molar-refractivity contribution is 5.39. The molecule has 0 amide bonds. The molecule has 2 rings (SSSR count). The van der Waals surface area contributed by atoms with Gasteiger partial charge in [0.15, 0.2) is 5.83 Å². The maximum Gasteiger partial charge on any atom is 0.420 e. The Morgan fingerprint density at radius 1 is 1.05 bits per heavy atom. The second-order valence-electron chi connectivity index (χ2n) is 4.52. The Morgan fingerprint density at radius 3 is 2.05 bits per heavy atom. The SMILES string of the molecule is CC(C)N1C2=CC=C(F)C(F)(F)C2(F)N(F)C1(F)F. The lowest BCUT2D eigenvalue weighted by Gasteiger charge is -2.33. The van der Waals surface area contributed by atoms with Crippen molar-refractivity contribution in [3.63, 3.8) is 0 Å². The average Bonchev–Trinajstić information content (AvgIpc) is 2.43. The van der Waals surface area contributed by atoms with Crippen molar-refractivity contribution in [2.45, 2.75) is 37.8 Å². The summed E-state index contributed by atoms with van der Waals surface area (Å²) in [5.41, 5.74) is -1.32. The van der Waals surface area contributed by atoms with Crippen LogP contribution in [0.25, 0.3) is 0 Å². The fourth-order valence-electron chi connectivity index (χ4n) is 2.16. The first-order valence-electron chi connectivity index (χ1n) is 5.27. The van der Waals surface area contributed by atoms with E-state index in [1.54, 1.807) is 0 Å². The van der Waals surface area contributed by atoms with Crippen molar-refractivity contribution in [1.29, 1.82) is 0 Å². The van der Waals surface area contributed by atoms with Crippen LogP contribution in [0.4, 0.5) is 30.8 Å². The van der Waals surface area contributed by atoms with E-state index >= 15 is 0 Å². The lowest BCUT2D eigenvalue weighted by molar-refractivity contribution is -0.343. The van der Waals surface area contributed by atoms with Crippen molar-refractivity contribution in [3.05, 3.63) is 23.7 Å². The molecule has 1 atom stereocenters. The Kier molecular flexibility index (Phi) is 2.72. The van der Waals surface area contributed by atoms with Crippen LogP contribution in [0.3, 0.4) is 0 Å². The topological polar surface area (TPSA) is 6.48 Å². The molecule has 0 N–H and O–H groups in total. The predicted molar refractivity (Wildman–Crippen MR) is 50.9 cm³/mol. The van der Waals surface area contributed by atoms with Crippen LogP contribution in [0.2, 0.25) is 0 Å². The summed E-state index contributed by atoms with van der Waals surface area (Å²) in [5, 5.41) is -1.93. The van der Waals surface area contributed by atoms with E-state index in [4.69, 9.17) is 0 Å². The van der Waals surface area contributed by atoms with E-state index in [1.807, 2.05) is 0 Å². The van der Waals surface area contributed by atoms with E-state index in [2.05, 4.69) is 0 Å². The molecular formula is C10H9F7N2. The van der Waals surface area contributed by atoms with Crippen LogP contribution in [0.15, 0.2) is 23.7 Å². The number of allylic oxidation sites excluding steroid dienone is 2. The van der Waals surface area contributed by atoms with Crippen molar-refractivity contribution < 1.29 is 30.8 Å². The number of alkyl halides is 5. The Bertz CT molecular complexity index is 470. The van der Waals surface area contributed by atoms with Crippen LogP contribution >= 0.6 is 0 Å². The van der Waals surface area contributed by atoms with Crippen LogP contribution in [0.5, 0.6) is 0 Å². The van der Waals surface area contributed by atoms with Crippen molar-refractivity contribution in [2.24, 2.45) is 0 Å². The zero-order chi connectivity index (χ0) is 14.8. The molecule has 1 aliphatic carbocycles. The molecule has 1 heterocycles. The maximum atomic E-state index is 14.2. The van der Waals surface area contributed by atoms with Gasteiger partial charge in [-0.05, 0) is 31.1 Å². The fourth-order valence-corrected chi connectivity index (χ4v) is 2.16. The van der Waals surface area contributed by atoms with Crippen molar-refractivity contribution in [2.75, 3.05) is 0 Å². The quantitative estimate of drug-likeness (QED) is 0.414. The van der Waals surface area contributed by atoms with E-state index < -0.39 is 40.6 Å². The van der Waals surface area contributed by atoms with E-state index in [1.165, 1.54) is 0 Å². The number of rotatable bonds is 1. The Balaban J connectivity index is 2.69. The summed E-state index contributed by atoms with van der Waals surface area (Å²) >= 11 is 0. The summed E-state index contributed by atoms with van der Waals surface area (Å²) in [6, 6.07) is -1.18. The van der Waals surface area contributed by atoms with Gasteiger partial charge in [0.2, 0.25) is 0 Å². The van der Waals surface area contributed by atoms with Gasteiger partial charge in [0, 0.05) is 6.04 Å². The molecule has 0 aromatic heterocycles. The molecule has 2 aliphatic rings. The minimum atomic E-state index is -5.04. The first-order valence-corrected chi connectivity index (χ1v) is 5.27. The molecule has 1 saturated heterocycles. The first kappa shape index (κ1) is 14.2. The third kappa shape index (κ3) is 1.41. The van der Waals surface area contributed by atoms with Crippen molar-refractivity contribution in [3.8, 4) is 0 Å². The molecule has 1 fully saturated rings. The van der Waals surface area contributed by atoms with Gasteiger partial charge in [-0.2, -0.15) is 17.6 Å². The van der Waals surface area contributed by atoms with Gasteiger partial charge in [-0.25, -0.2) is 8.78 Å². The minimum Gasteiger partial charge on any atom is -0.294 e. The number of hydrogen-bond donors (Lipinski definition) is 0. The minimum absolute atomic E-state index is 0.149. The molecule has 0 bridgehead atoms. The third-order valence-corrected chi connectivity index (χ3v) is 3.02. The Morgan fingerprint density at radius 2 is 1.58 bits per heavy atom. The largest absolute Gasteiger partial charge is 0.420 e. The number of nitrogens with zero attached hydrogens (tertiary/aromatic N) is 2. The summed E-state index contributed by atoms with van der Waals surface area (Å²) in [7, 11) is 0. The summed E-state index contributed by atoms with van der Waals surface area (Å²) < 4.78 is 94.7. The zero-order valence-electron chi connectivity index (χ0n) is 9.77. The van der Waals surface area contributed by atoms with Crippen molar-refractivity contribution >= 4 is 0 Å². The van der Waals surface area contributed by atoms with Gasteiger partial charge < -0.3 is 0 Å². The number of fused-ring (bicyclic) bond motifs is 1. The molecule has 9 heteroatoms. The molecule has 2 nitrogen and oxygen atoms in total. The molecule has 19 heavy (non-hydrogen) atoms. The van der Waals surface area contributed by atoms with Crippen molar-refractivity contribution in [1.82, 2.24) is 10.0 Å². The highest BCUT2D eigenvalue weighted by Gasteiger charge is 2.79. The monoisotopic (exact) mass is 290 g/mol. The molecule has 0 aromatic carbocycles. The van der Waals surface area contributed by atoms with Gasteiger partial charge in [0.1, 0.15) is 0 Å². The molecule has 1 unspecified atom stereocenters. The molecule has 0 spiro atoms. The van der Waals surface area contributed by atoms with Gasteiger partial charge in [-0.1, -0.05) is 0 Å². The van der Waals surface area contributed by atoms with Gasteiger partial charge in [-0.3, -0.25) is 4.90 Å². The van der Waals surface area contributed by atoms with Gasteiger partial charge in [0.05, 0.1) is 5.70 Å². The lowest BCUT2D eigenvalue weighted by atomic mass is 9.97. The van der Waals surface area contributed by atoms with Gasteiger partial charge >= 0.3 is 17.9 Å². The molecule has 108 valence electrons. The van der Waals surface area contributed by atoms with Crippen LogP contribution in [-0.2, 0) is 0 Å². The maximum absolute atomic E-state index is 14.2. The molecule has 0 saturated carbocycles.